The van der Waals surface area contributed by atoms with Crippen molar-refractivity contribution in [3.05, 3.63) is 84.2 Å². The number of amides is 3. The molecule has 2 aromatic carbocycles. The summed E-state index contributed by atoms with van der Waals surface area (Å²) in [5, 5.41) is 2.91. The molecule has 8 heteroatoms. The van der Waals surface area contributed by atoms with Gasteiger partial charge in [-0.15, -0.1) is 0 Å². The normalized spacial score (nSPS) is 17.3. The summed E-state index contributed by atoms with van der Waals surface area (Å²) in [6, 6.07) is 18.6. The first-order valence-corrected chi connectivity index (χ1v) is 11.7. The molecule has 1 saturated heterocycles. The number of nitrogens with one attached hydrogen (secondary N) is 1. The second kappa shape index (κ2) is 9.58. The third-order valence-corrected chi connectivity index (χ3v) is 6.74. The van der Waals surface area contributed by atoms with Gasteiger partial charge < -0.3 is 20.0 Å². The number of carbonyl (C=O) groups excluding carboxylic acids is 3. The van der Waals surface area contributed by atoms with Crippen LogP contribution in [-0.4, -0.2) is 60.8 Å². The number of fused-ring (bicyclic) bond motifs is 1. The van der Waals surface area contributed by atoms with Crippen molar-refractivity contribution in [2.24, 2.45) is 0 Å². The van der Waals surface area contributed by atoms with E-state index in [4.69, 9.17) is 0 Å². The van der Waals surface area contributed by atoms with E-state index in [9.17, 15) is 14.4 Å². The topological polar surface area (TPSA) is 85.9 Å². The van der Waals surface area contributed by atoms with Gasteiger partial charge in [-0.1, -0.05) is 30.3 Å². The third-order valence-electron chi connectivity index (χ3n) is 6.74. The van der Waals surface area contributed by atoms with Crippen LogP contribution in [0.3, 0.4) is 0 Å². The first kappa shape index (κ1) is 22.6. The molecule has 35 heavy (non-hydrogen) atoms. The monoisotopic (exact) mass is 469 g/mol. The summed E-state index contributed by atoms with van der Waals surface area (Å²) >= 11 is 0. The summed E-state index contributed by atoms with van der Waals surface area (Å²) in [5.41, 5.74) is 3.90. The number of pyridine rings is 1. The van der Waals surface area contributed by atoms with Gasteiger partial charge in [0.05, 0.1) is 11.5 Å². The number of hydrogen-bond acceptors (Lipinski definition) is 5. The van der Waals surface area contributed by atoms with Gasteiger partial charge in [0.15, 0.2) is 0 Å². The first-order valence-electron chi connectivity index (χ1n) is 11.7. The Morgan fingerprint density at radius 1 is 0.914 bits per heavy atom. The van der Waals surface area contributed by atoms with E-state index in [-0.39, 0.29) is 24.1 Å². The molecule has 0 aliphatic carbocycles. The molecule has 8 nitrogen and oxygen atoms in total. The lowest BCUT2D eigenvalue weighted by Crippen LogP contribution is -2.49. The lowest BCUT2D eigenvalue weighted by Gasteiger charge is -2.37. The van der Waals surface area contributed by atoms with Crippen LogP contribution >= 0.6 is 0 Å². The molecule has 2 aliphatic heterocycles. The number of nitrogens with zero attached hydrogens (tertiary/aromatic N) is 4. The third kappa shape index (κ3) is 4.47. The molecule has 0 radical (unpaired) electrons. The molecule has 1 atom stereocenters. The fourth-order valence-corrected chi connectivity index (χ4v) is 4.85. The minimum absolute atomic E-state index is 0.0168. The number of carbonyl (C=O) groups is 3. The summed E-state index contributed by atoms with van der Waals surface area (Å²) < 4.78 is 0. The Morgan fingerprint density at radius 2 is 1.57 bits per heavy atom. The zero-order chi connectivity index (χ0) is 24.4. The van der Waals surface area contributed by atoms with E-state index in [0.717, 1.165) is 16.9 Å². The van der Waals surface area contributed by atoms with Crippen molar-refractivity contribution in [1.82, 2.24) is 9.88 Å². The molecular formula is C27H27N5O3. The molecule has 3 heterocycles. The van der Waals surface area contributed by atoms with Crippen molar-refractivity contribution in [2.75, 3.05) is 48.3 Å². The van der Waals surface area contributed by atoms with Crippen molar-refractivity contribution >= 4 is 34.8 Å². The smallest absolute Gasteiger partial charge is 0.257 e. The Kier molecular flexibility index (Phi) is 6.18. The van der Waals surface area contributed by atoms with Crippen LogP contribution < -0.4 is 15.1 Å². The molecule has 3 amide bonds. The Bertz CT molecular complexity index is 1250. The zero-order valence-electron chi connectivity index (χ0n) is 19.6. The van der Waals surface area contributed by atoms with E-state index in [2.05, 4.69) is 15.2 Å². The molecular weight excluding hydrogens is 442 g/mol. The van der Waals surface area contributed by atoms with E-state index in [0.29, 0.717) is 37.4 Å². The van der Waals surface area contributed by atoms with Gasteiger partial charge in [-0.25, -0.2) is 0 Å². The van der Waals surface area contributed by atoms with Gasteiger partial charge in [-0.2, -0.15) is 0 Å². The fraction of sp³-hybridized carbons (Fsp3) is 0.259. The van der Waals surface area contributed by atoms with E-state index < -0.39 is 5.92 Å². The maximum Gasteiger partial charge on any atom is 0.257 e. The molecule has 2 aliphatic rings. The quantitative estimate of drug-likeness (QED) is 0.621. The van der Waals surface area contributed by atoms with E-state index >= 15 is 0 Å². The minimum Gasteiger partial charge on any atom is -0.367 e. The van der Waals surface area contributed by atoms with Crippen LogP contribution in [0, 0.1) is 0 Å². The highest BCUT2D eigenvalue weighted by Crippen LogP contribution is 2.38. The van der Waals surface area contributed by atoms with E-state index in [1.165, 1.54) is 0 Å². The minimum atomic E-state index is -0.431. The fourth-order valence-electron chi connectivity index (χ4n) is 4.85. The van der Waals surface area contributed by atoms with Crippen LogP contribution in [0.25, 0.3) is 0 Å². The highest BCUT2D eigenvalue weighted by molar-refractivity contribution is 6.08. The van der Waals surface area contributed by atoms with Gasteiger partial charge in [0.1, 0.15) is 0 Å². The highest BCUT2D eigenvalue weighted by atomic mass is 16.2. The van der Waals surface area contributed by atoms with Crippen LogP contribution in [0.4, 0.5) is 17.1 Å². The number of aromatic nitrogens is 1. The van der Waals surface area contributed by atoms with Gasteiger partial charge in [-0.05, 0) is 35.9 Å². The number of anilines is 3. The Labute approximate surface area is 204 Å². The van der Waals surface area contributed by atoms with Crippen molar-refractivity contribution in [1.29, 1.82) is 0 Å². The van der Waals surface area contributed by atoms with Crippen LogP contribution in [0.1, 0.15) is 28.3 Å². The molecule has 1 unspecified atom stereocenters. The average Bonchev–Trinajstić information content (AvgIpc) is 3.14. The lowest BCUT2D eigenvalue weighted by molar-refractivity contribution is -0.134. The second-order valence-corrected chi connectivity index (χ2v) is 8.79. The van der Waals surface area contributed by atoms with E-state index in [1.807, 2.05) is 53.4 Å². The molecule has 1 aromatic heterocycles. The van der Waals surface area contributed by atoms with Crippen molar-refractivity contribution < 1.29 is 14.4 Å². The van der Waals surface area contributed by atoms with Gasteiger partial charge in [0.2, 0.25) is 11.8 Å². The number of para-hydroxylation sites is 2. The standard InChI is InChI=1S/C27H27N5O3/c1-30-23-8-4-2-6-20(23)22(27(30)35)18-25(33)32-16-14-31(15-17-32)24-9-5-3-7-21(24)26(34)29-19-10-12-28-13-11-19/h2-13,22H,14-18H2,1H3,(H,28,29,34). The Balaban J connectivity index is 1.23. The van der Waals surface area contributed by atoms with Gasteiger partial charge in [-0.3, -0.25) is 19.4 Å². The lowest BCUT2D eigenvalue weighted by atomic mass is 9.96. The van der Waals surface area contributed by atoms with Crippen LogP contribution in [0.2, 0.25) is 0 Å². The predicted octanol–water partition coefficient (Wildman–Crippen LogP) is 3.13. The number of piperazine rings is 1. The largest absolute Gasteiger partial charge is 0.367 e. The van der Waals surface area contributed by atoms with E-state index in [1.54, 1.807) is 36.5 Å². The summed E-state index contributed by atoms with van der Waals surface area (Å²) in [6.07, 6.45) is 3.44. The number of hydrogen-bond donors (Lipinski definition) is 1. The Hall–Kier alpha value is -4.20. The van der Waals surface area contributed by atoms with Gasteiger partial charge >= 0.3 is 0 Å². The molecule has 5 rings (SSSR count). The SMILES string of the molecule is CN1C(=O)C(CC(=O)N2CCN(c3ccccc3C(=O)Nc3ccncc3)CC2)c2ccccc21. The molecule has 1 N–H and O–H groups in total. The molecule has 178 valence electrons. The second-order valence-electron chi connectivity index (χ2n) is 8.79. The van der Waals surface area contributed by atoms with Gasteiger partial charge in [0.25, 0.3) is 5.91 Å². The summed E-state index contributed by atoms with van der Waals surface area (Å²) in [5.74, 6) is -0.670. The summed E-state index contributed by atoms with van der Waals surface area (Å²) in [7, 11) is 1.76. The molecule has 0 spiro atoms. The molecule has 0 saturated carbocycles. The number of likely N-dealkylation sites (N-methyl/N-ethyl adjacent to an activating group) is 1. The maximum atomic E-state index is 13.1. The number of benzene rings is 2. The number of rotatable bonds is 5. The first-order chi connectivity index (χ1) is 17.0. The van der Waals surface area contributed by atoms with Crippen molar-refractivity contribution in [3.63, 3.8) is 0 Å². The highest BCUT2D eigenvalue weighted by Gasteiger charge is 2.37. The van der Waals surface area contributed by atoms with Crippen molar-refractivity contribution in [2.45, 2.75) is 12.3 Å². The zero-order valence-corrected chi connectivity index (χ0v) is 19.6. The van der Waals surface area contributed by atoms with Crippen LogP contribution in [0.5, 0.6) is 0 Å². The average molecular weight is 470 g/mol. The Morgan fingerprint density at radius 3 is 2.31 bits per heavy atom. The predicted molar refractivity (Wildman–Crippen MR) is 135 cm³/mol. The maximum absolute atomic E-state index is 13.1. The van der Waals surface area contributed by atoms with Gasteiger partial charge in [0, 0.05) is 69.1 Å². The van der Waals surface area contributed by atoms with Crippen LogP contribution in [0.15, 0.2) is 73.1 Å². The summed E-state index contributed by atoms with van der Waals surface area (Å²) in [4.78, 5) is 48.4. The molecule has 3 aromatic rings. The summed E-state index contributed by atoms with van der Waals surface area (Å²) in [6.45, 7) is 2.30. The van der Waals surface area contributed by atoms with Crippen molar-refractivity contribution in [3.8, 4) is 0 Å². The van der Waals surface area contributed by atoms with Crippen LogP contribution in [-0.2, 0) is 9.59 Å². The molecule has 0 bridgehead atoms. The molecule has 1 fully saturated rings.